The van der Waals surface area contributed by atoms with Crippen LogP contribution in [0.5, 0.6) is 0 Å². The molecule has 0 spiro atoms. The first-order chi connectivity index (χ1) is 11.8. The molecular weight excluding hydrogens is 362 g/mol. The fourth-order valence-electron chi connectivity index (χ4n) is 2.73. The molecule has 1 aromatic heterocycles. The molecule has 132 valence electrons. The number of nitrogens with two attached hydrogens (primary N) is 1. The molecule has 3 aromatic rings. The van der Waals surface area contributed by atoms with E-state index in [4.69, 9.17) is 16.7 Å². The third-order valence-electron chi connectivity index (χ3n) is 4.19. The van der Waals surface area contributed by atoms with Crippen molar-refractivity contribution in [1.82, 2.24) is 9.78 Å². The van der Waals surface area contributed by atoms with Crippen molar-refractivity contribution < 1.29 is 8.42 Å². The number of aromatic amines is 1. The van der Waals surface area contributed by atoms with Gasteiger partial charge in [0, 0.05) is 5.02 Å². The van der Waals surface area contributed by atoms with Gasteiger partial charge in [-0.05, 0) is 36.6 Å². The summed E-state index contributed by atoms with van der Waals surface area (Å²) >= 11 is 6.32. The Kier molecular flexibility index (Phi) is 4.73. The zero-order valence-corrected chi connectivity index (χ0v) is 15.1. The molecule has 0 saturated heterocycles. The van der Waals surface area contributed by atoms with Crippen LogP contribution in [0.25, 0.3) is 10.9 Å². The first-order valence-electron chi connectivity index (χ1n) is 7.72. The minimum absolute atomic E-state index is 0.150. The molecule has 2 aromatic carbocycles. The molecule has 0 radical (unpaired) electrons. The summed E-state index contributed by atoms with van der Waals surface area (Å²) in [6.45, 7) is 2.02. The van der Waals surface area contributed by atoms with E-state index in [2.05, 4.69) is 5.10 Å². The van der Waals surface area contributed by atoms with Gasteiger partial charge in [-0.15, -0.1) is 0 Å². The summed E-state index contributed by atoms with van der Waals surface area (Å²) in [5.41, 5.74) is 2.05. The quantitative estimate of drug-likeness (QED) is 0.711. The van der Waals surface area contributed by atoms with Crippen LogP contribution in [0.3, 0.4) is 0 Å². The third kappa shape index (κ3) is 3.78. The highest BCUT2D eigenvalue weighted by Crippen LogP contribution is 2.25. The van der Waals surface area contributed by atoms with E-state index in [0.717, 1.165) is 5.56 Å². The SMILES string of the molecule is CC(Cc1cc2c(=O)[nH]n(Cc3ccccc3)c2cc1Cl)S(N)(=O)=O. The van der Waals surface area contributed by atoms with Gasteiger partial charge in [0.2, 0.25) is 10.0 Å². The molecule has 1 unspecified atom stereocenters. The van der Waals surface area contributed by atoms with Crippen LogP contribution in [0.2, 0.25) is 5.02 Å². The van der Waals surface area contributed by atoms with Gasteiger partial charge < -0.3 is 0 Å². The number of hydrogen-bond donors (Lipinski definition) is 2. The van der Waals surface area contributed by atoms with E-state index in [1.54, 1.807) is 16.8 Å². The Morgan fingerprint density at radius 1 is 1.24 bits per heavy atom. The van der Waals surface area contributed by atoms with Gasteiger partial charge in [-0.1, -0.05) is 41.9 Å². The predicted molar refractivity (Wildman–Crippen MR) is 99.4 cm³/mol. The fourth-order valence-corrected chi connectivity index (χ4v) is 3.38. The van der Waals surface area contributed by atoms with Crippen molar-refractivity contribution in [2.45, 2.75) is 25.1 Å². The Hall–Kier alpha value is -2.09. The molecule has 25 heavy (non-hydrogen) atoms. The van der Waals surface area contributed by atoms with Crippen molar-refractivity contribution in [2.75, 3.05) is 0 Å². The maximum Gasteiger partial charge on any atom is 0.271 e. The van der Waals surface area contributed by atoms with Gasteiger partial charge in [-0.2, -0.15) is 0 Å². The second kappa shape index (κ2) is 6.67. The van der Waals surface area contributed by atoms with Gasteiger partial charge in [0.05, 0.1) is 22.7 Å². The molecule has 1 heterocycles. The van der Waals surface area contributed by atoms with Crippen LogP contribution in [0.15, 0.2) is 47.3 Å². The maximum absolute atomic E-state index is 12.3. The summed E-state index contributed by atoms with van der Waals surface area (Å²) in [5, 5.41) is 8.06. The number of fused-ring (bicyclic) bond motifs is 1. The van der Waals surface area contributed by atoms with Crippen LogP contribution in [0.1, 0.15) is 18.1 Å². The summed E-state index contributed by atoms with van der Waals surface area (Å²) in [6.07, 6.45) is 0.150. The lowest BCUT2D eigenvalue weighted by Crippen LogP contribution is -2.27. The number of nitrogens with one attached hydrogen (secondary N) is 1. The van der Waals surface area contributed by atoms with Gasteiger partial charge in [0.1, 0.15) is 0 Å². The van der Waals surface area contributed by atoms with Crippen molar-refractivity contribution in [3.63, 3.8) is 0 Å². The smallest absolute Gasteiger partial charge is 0.271 e. The predicted octanol–water partition coefficient (Wildman–Crippen LogP) is 2.25. The number of primary sulfonamides is 1. The Labute approximate surface area is 150 Å². The van der Waals surface area contributed by atoms with Crippen LogP contribution in [-0.4, -0.2) is 23.4 Å². The fraction of sp³-hybridized carbons (Fsp3) is 0.235. The summed E-state index contributed by atoms with van der Waals surface area (Å²) < 4.78 is 24.6. The average molecular weight is 380 g/mol. The van der Waals surface area contributed by atoms with Crippen LogP contribution in [-0.2, 0) is 23.0 Å². The van der Waals surface area contributed by atoms with Crippen molar-refractivity contribution >= 4 is 32.5 Å². The van der Waals surface area contributed by atoms with Crippen molar-refractivity contribution in [2.24, 2.45) is 5.14 Å². The second-order valence-corrected chi connectivity index (χ2v) is 8.47. The van der Waals surface area contributed by atoms with E-state index >= 15 is 0 Å². The largest absolute Gasteiger partial charge is 0.280 e. The third-order valence-corrected chi connectivity index (χ3v) is 5.83. The first kappa shape index (κ1) is 17.7. The highest BCUT2D eigenvalue weighted by atomic mass is 35.5. The van der Waals surface area contributed by atoms with Crippen molar-refractivity contribution in [3.05, 3.63) is 69.0 Å². The second-order valence-electron chi connectivity index (χ2n) is 6.08. The molecule has 0 bridgehead atoms. The minimum atomic E-state index is -3.67. The molecular formula is C17H18ClN3O3S. The summed E-state index contributed by atoms with van der Waals surface area (Å²) in [7, 11) is -3.67. The number of H-pyrrole nitrogens is 1. The van der Waals surface area contributed by atoms with E-state index in [9.17, 15) is 13.2 Å². The number of halogens is 1. The molecule has 0 fully saturated rings. The molecule has 3 rings (SSSR count). The maximum atomic E-state index is 12.3. The molecule has 6 nitrogen and oxygen atoms in total. The van der Waals surface area contributed by atoms with Crippen LogP contribution in [0.4, 0.5) is 0 Å². The van der Waals surface area contributed by atoms with Gasteiger partial charge >= 0.3 is 0 Å². The van der Waals surface area contributed by atoms with Gasteiger partial charge in [-0.25, -0.2) is 13.6 Å². The number of nitrogens with zero attached hydrogens (tertiary/aromatic N) is 1. The van der Waals surface area contributed by atoms with Gasteiger partial charge in [0.15, 0.2) is 0 Å². The molecule has 0 aliphatic rings. The lowest BCUT2D eigenvalue weighted by Gasteiger charge is -2.11. The number of aromatic nitrogens is 2. The summed E-state index contributed by atoms with van der Waals surface area (Å²) in [6, 6.07) is 13.0. The lowest BCUT2D eigenvalue weighted by molar-refractivity contribution is 0.584. The van der Waals surface area contributed by atoms with E-state index in [-0.39, 0.29) is 12.0 Å². The van der Waals surface area contributed by atoms with Gasteiger partial charge in [-0.3, -0.25) is 14.6 Å². The minimum Gasteiger partial charge on any atom is -0.280 e. The molecule has 0 aliphatic carbocycles. The van der Waals surface area contributed by atoms with E-state index in [0.29, 0.717) is 28.0 Å². The van der Waals surface area contributed by atoms with Crippen LogP contribution in [0, 0.1) is 0 Å². The Morgan fingerprint density at radius 3 is 2.56 bits per heavy atom. The molecule has 8 heteroatoms. The Morgan fingerprint density at radius 2 is 1.92 bits per heavy atom. The zero-order valence-electron chi connectivity index (χ0n) is 13.6. The topological polar surface area (TPSA) is 97.9 Å². The first-order valence-corrected chi connectivity index (χ1v) is 9.71. The van der Waals surface area contributed by atoms with E-state index in [1.807, 2.05) is 30.3 Å². The molecule has 3 N–H and O–H groups in total. The molecule has 0 amide bonds. The highest BCUT2D eigenvalue weighted by Gasteiger charge is 2.19. The van der Waals surface area contributed by atoms with Crippen LogP contribution >= 0.6 is 11.6 Å². The highest BCUT2D eigenvalue weighted by molar-refractivity contribution is 7.89. The van der Waals surface area contributed by atoms with Gasteiger partial charge in [0.25, 0.3) is 5.56 Å². The Balaban J connectivity index is 2.02. The number of benzene rings is 2. The van der Waals surface area contributed by atoms with E-state index in [1.165, 1.54) is 6.92 Å². The van der Waals surface area contributed by atoms with Crippen molar-refractivity contribution in [1.29, 1.82) is 0 Å². The van der Waals surface area contributed by atoms with E-state index < -0.39 is 15.3 Å². The average Bonchev–Trinajstić information content (AvgIpc) is 2.83. The number of hydrogen-bond acceptors (Lipinski definition) is 3. The molecule has 0 aliphatic heterocycles. The normalized spacial score (nSPS) is 13.2. The lowest BCUT2D eigenvalue weighted by atomic mass is 10.1. The summed E-state index contributed by atoms with van der Waals surface area (Å²) in [5.74, 6) is 0. The number of rotatable bonds is 5. The van der Waals surface area contributed by atoms with Crippen molar-refractivity contribution in [3.8, 4) is 0 Å². The zero-order chi connectivity index (χ0) is 18.2. The molecule has 0 saturated carbocycles. The molecule has 1 atom stereocenters. The Bertz CT molecular complexity index is 1070. The van der Waals surface area contributed by atoms with Crippen LogP contribution < -0.4 is 10.7 Å². The standard InChI is InChI=1S/C17H18ClN3O3S/c1-11(25(19,23)24)7-13-8-14-16(9-15(13)18)21(20-17(14)22)10-12-5-3-2-4-6-12/h2-6,8-9,11H,7,10H2,1H3,(H,20,22)(H2,19,23,24). The summed E-state index contributed by atoms with van der Waals surface area (Å²) in [4.78, 5) is 12.3. The number of sulfonamides is 1. The monoisotopic (exact) mass is 379 g/mol.